The normalized spacial score (nSPS) is 19.3. The minimum absolute atomic E-state index is 0.0244. The van der Waals surface area contributed by atoms with E-state index >= 15 is 0 Å². The van der Waals surface area contributed by atoms with Gasteiger partial charge in [-0.1, -0.05) is 24.4 Å². The Morgan fingerprint density at radius 3 is 2.43 bits per heavy atom. The number of carbonyl (C=O) groups excluding carboxylic acids is 1. The highest BCUT2D eigenvalue weighted by Gasteiger charge is 2.20. The van der Waals surface area contributed by atoms with Crippen molar-refractivity contribution < 1.29 is 9.53 Å². The minimum atomic E-state index is -0.0244. The van der Waals surface area contributed by atoms with Crippen LogP contribution in [0.2, 0.25) is 5.02 Å². The van der Waals surface area contributed by atoms with E-state index in [2.05, 4.69) is 10.2 Å². The third-order valence-corrected chi connectivity index (χ3v) is 4.68. The molecular formula is C17H24ClN3O2. The van der Waals surface area contributed by atoms with Crippen molar-refractivity contribution in [2.45, 2.75) is 25.7 Å². The molecule has 2 amide bonds. The van der Waals surface area contributed by atoms with E-state index in [-0.39, 0.29) is 6.03 Å². The molecule has 2 aliphatic rings. The van der Waals surface area contributed by atoms with Crippen molar-refractivity contribution in [1.82, 2.24) is 4.90 Å². The first-order valence-corrected chi connectivity index (χ1v) is 8.80. The number of benzene rings is 1. The zero-order valence-electron chi connectivity index (χ0n) is 13.4. The lowest BCUT2D eigenvalue weighted by molar-refractivity contribution is 0.123. The van der Waals surface area contributed by atoms with Gasteiger partial charge in [-0.3, -0.25) is 0 Å². The Hall–Kier alpha value is -1.46. The number of anilines is 2. The van der Waals surface area contributed by atoms with Gasteiger partial charge in [0.2, 0.25) is 0 Å². The van der Waals surface area contributed by atoms with Crippen LogP contribution in [0.25, 0.3) is 0 Å². The average molecular weight is 338 g/mol. The second kappa shape index (κ2) is 7.88. The predicted molar refractivity (Wildman–Crippen MR) is 93.5 cm³/mol. The number of ether oxygens (including phenoxy) is 1. The maximum absolute atomic E-state index is 12.6. The zero-order valence-corrected chi connectivity index (χ0v) is 14.1. The summed E-state index contributed by atoms with van der Waals surface area (Å²) in [4.78, 5) is 16.7. The number of hydrogen-bond acceptors (Lipinski definition) is 3. The average Bonchev–Trinajstić information content (AvgIpc) is 2.85. The molecule has 2 fully saturated rings. The first-order valence-electron chi connectivity index (χ1n) is 8.42. The fourth-order valence-electron chi connectivity index (χ4n) is 3.16. The van der Waals surface area contributed by atoms with Crippen molar-refractivity contribution >= 4 is 29.0 Å². The van der Waals surface area contributed by atoms with E-state index < -0.39 is 0 Å². The Balaban J connectivity index is 1.75. The second-order valence-electron chi connectivity index (χ2n) is 6.09. The molecule has 6 heteroatoms. The molecule has 1 aromatic rings. The number of likely N-dealkylation sites (tertiary alicyclic amines) is 1. The van der Waals surface area contributed by atoms with Gasteiger partial charge in [0.1, 0.15) is 0 Å². The van der Waals surface area contributed by atoms with Crippen LogP contribution in [0.15, 0.2) is 18.2 Å². The molecule has 0 saturated carbocycles. The number of amides is 2. The predicted octanol–water partition coefficient (Wildman–Crippen LogP) is 3.58. The van der Waals surface area contributed by atoms with Crippen LogP contribution in [0.3, 0.4) is 0 Å². The first kappa shape index (κ1) is 16.4. The molecule has 0 spiro atoms. The van der Waals surface area contributed by atoms with E-state index in [4.69, 9.17) is 16.3 Å². The molecule has 0 atom stereocenters. The van der Waals surface area contributed by atoms with E-state index in [1.54, 1.807) is 0 Å². The Morgan fingerprint density at radius 1 is 1.04 bits per heavy atom. The van der Waals surface area contributed by atoms with Gasteiger partial charge in [-0.2, -0.15) is 0 Å². The quantitative estimate of drug-likeness (QED) is 0.897. The lowest BCUT2D eigenvalue weighted by atomic mass is 10.2. The summed E-state index contributed by atoms with van der Waals surface area (Å²) in [5.74, 6) is 0. The number of nitrogens with zero attached hydrogens (tertiary/aromatic N) is 2. The maximum atomic E-state index is 12.6. The maximum Gasteiger partial charge on any atom is 0.321 e. The summed E-state index contributed by atoms with van der Waals surface area (Å²) in [6.45, 7) is 4.74. The third kappa shape index (κ3) is 4.30. The van der Waals surface area contributed by atoms with Crippen molar-refractivity contribution in [3.05, 3.63) is 23.2 Å². The Kier molecular flexibility index (Phi) is 5.62. The highest BCUT2D eigenvalue weighted by molar-refractivity contribution is 6.31. The number of hydrogen-bond donors (Lipinski definition) is 1. The molecular weight excluding hydrogens is 314 g/mol. The molecule has 5 nitrogen and oxygen atoms in total. The van der Waals surface area contributed by atoms with Crippen molar-refractivity contribution in [1.29, 1.82) is 0 Å². The van der Waals surface area contributed by atoms with Gasteiger partial charge in [0.05, 0.1) is 24.6 Å². The third-order valence-electron chi connectivity index (χ3n) is 4.45. The SMILES string of the molecule is O=C(Nc1cc(Cl)ccc1N1CCOCC1)N1CCCCCC1. The first-order chi connectivity index (χ1) is 11.2. The number of carbonyl (C=O) groups is 1. The summed E-state index contributed by atoms with van der Waals surface area (Å²) in [6.07, 6.45) is 4.58. The summed E-state index contributed by atoms with van der Waals surface area (Å²) in [7, 11) is 0. The van der Waals surface area contributed by atoms with E-state index in [1.807, 2.05) is 23.1 Å². The van der Waals surface area contributed by atoms with Crippen LogP contribution >= 0.6 is 11.6 Å². The molecule has 23 heavy (non-hydrogen) atoms. The Bertz CT molecular complexity index is 539. The number of nitrogens with one attached hydrogen (secondary N) is 1. The van der Waals surface area contributed by atoms with Crippen LogP contribution in [0.5, 0.6) is 0 Å². The van der Waals surface area contributed by atoms with Crippen LogP contribution in [0, 0.1) is 0 Å². The number of urea groups is 1. The summed E-state index contributed by atoms with van der Waals surface area (Å²) in [5.41, 5.74) is 1.80. The molecule has 0 bridgehead atoms. The molecule has 2 heterocycles. The molecule has 0 radical (unpaired) electrons. The molecule has 1 N–H and O–H groups in total. The summed E-state index contributed by atoms with van der Waals surface area (Å²) < 4.78 is 5.41. The van der Waals surface area contributed by atoms with Gasteiger partial charge < -0.3 is 19.9 Å². The van der Waals surface area contributed by atoms with Gasteiger partial charge in [0.15, 0.2) is 0 Å². The van der Waals surface area contributed by atoms with Crippen molar-refractivity contribution in [3.63, 3.8) is 0 Å². The highest BCUT2D eigenvalue weighted by Crippen LogP contribution is 2.30. The molecule has 1 aromatic carbocycles. The van der Waals surface area contributed by atoms with Crippen LogP contribution in [-0.2, 0) is 4.74 Å². The fraction of sp³-hybridized carbons (Fsp3) is 0.588. The van der Waals surface area contributed by atoms with Crippen LogP contribution in [-0.4, -0.2) is 50.3 Å². The second-order valence-corrected chi connectivity index (χ2v) is 6.53. The van der Waals surface area contributed by atoms with Gasteiger partial charge in [-0.25, -0.2) is 4.79 Å². The fourth-order valence-corrected chi connectivity index (χ4v) is 3.33. The number of halogens is 1. The monoisotopic (exact) mass is 337 g/mol. The Labute approximate surface area is 142 Å². The highest BCUT2D eigenvalue weighted by atomic mass is 35.5. The lowest BCUT2D eigenvalue weighted by Gasteiger charge is -2.31. The molecule has 126 valence electrons. The minimum Gasteiger partial charge on any atom is -0.378 e. The van der Waals surface area contributed by atoms with Crippen LogP contribution in [0.1, 0.15) is 25.7 Å². The van der Waals surface area contributed by atoms with Gasteiger partial charge in [-0.05, 0) is 31.0 Å². The van der Waals surface area contributed by atoms with E-state index in [0.29, 0.717) is 18.2 Å². The summed E-state index contributed by atoms with van der Waals surface area (Å²) in [6, 6.07) is 5.66. The zero-order chi connectivity index (χ0) is 16.1. The van der Waals surface area contributed by atoms with Crippen LogP contribution in [0.4, 0.5) is 16.2 Å². The van der Waals surface area contributed by atoms with Crippen molar-refractivity contribution in [2.24, 2.45) is 0 Å². The molecule has 3 rings (SSSR count). The van der Waals surface area contributed by atoms with Crippen LogP contribution < -0.4 is 10.2 Å². The lowest BCUT2D eigenvalue weighted by Crippen LogP contribution is -2.38. The number of morpholine rings is 1. The summed E-state index contributed by atoms with van der Waals surface area (Å²) >= 11 is 6.14. The largest absolute Gasteiger partial charge is 0.378 e. The van der Waals surface area contributed by atoms with E-state index in [9.17, 15) is 4.79 Å². The van der Waals surface area contributed by atoms with E-state index in [0.717, 1.165) is 50.4 Å². The van der Waals surface area contributed by atoms with Crippen molar-refractivity contribution in [3.8, 4) is 0 Å². The standard InChI is InChI=1S/C17H24ClN3O2/c18-14-5-6-16(20-9-11-23-12-10-20)15(13-14)19-17(22)21-7-3-1-2-4-8-21/h5-6,13H,1-4,7-12H2,(H,19,22). The molecule has 0 aliphatic carbocycles. The molecule has 2 aliphatic heterocycles. The molecule has 0 aromatic heterocycles. The summed E-state index contributed by atoms with van der Waals surface area (Å²) in [5, 5.41) is 3.70. The van der Waals surface area contributed by atoms with Gasteiger partial charge in [0, 0.05) is 31.2 Å². The number of rotatable bonds is 2. The topological polar surface area (TPSA) is 44.8 Å². The van der Waals surface area contributed by atoms with Gasteiger partial charge >= 0.3 is 6.03 Å². The molecule has 0 unspecified atom stereocenters. The van der Waals surface area contributed by atoms with Gasteiger partial charge in [0.25, 0.3) is 0 Å². The smallest absolute Gasteiger partial charge is 0.321 e. The molecule has 2 saturated heterocycles. The van der Waals surface area contributed by atoms with Gasteiger partial charge in [-0.15, -0.1) is 0 Å². The van der Waals surface area contributed by atoms with Crippen molar-refractivity contribution in [2.75, 3.05) is 49.6 Å². The van der Waals surface area contributed by atoms with E-state index in [1.165, 1.54) is 12.8 Å². The Morgan fingerprint density at radius 2 is 1.74 bits per heavy atom.